The molecule has 0 radical (unpaired) electrons. The summed E-state index contributed by atoms with van der Waals surface area (Å²) in [6, 6.07) is 5.97. The van der Waals surface area contributed by atoms with Crippen LogP contribution in [0.5, 0.6) is 0 Å². The van der Waals surface area contributed by atoms with Gasteiger partial charge in [0.1, 0.15) is 5.69 Å². The summed E-state index contributed by atoms with van der Waals surface area (Å²) in [4.78, 5) is 14.0. The lowest BCUT2D eigenvalue weighted by molar-refractivity contribution is 0.907. The van der Waals surface area contributed by atoms with Crippen molar-refractivity contribution in [1.29, 1.82) is 0 Å². The third kappa shape index (κ3) is 2.82. The Morgan fingerprint density at radius 3 is 2.71 bits per heavy atom. The third-order valence-corrected chi connectivity index (χ3v) is 2.97. The first kappa shape index (κ1) is 12.0. The van der Waals surface area contributed by atoms with Gasteiger partial charge in [-0.1, -0.05) is 0 Å². The molecular formula is C11H11IN4O. The van der Waals surface area contributed by atoms with E-state index < -0.39 is 0 Å². The number of hydrogen-bond acceptors (Lipinski definition) is 4. The highest BCUT2D eigenvalue weighted by molar-refractivity contribution is 14.1. The highest BCUT2D eigenvalue weighted by Crippen LogP contribution is 2.19. The summed E-state index contributed by atoms with van der Waals surface area (Å²) in [6.45, 7) is 3.61. The van der Waals surface area contributed by atoms with Crippen LogP contribution in [0.3, 0.4) is 0 Å². The first-order chi connectivity index (χ1) is 8.06. The number of rotatable bonds is 2. The summed E-state index contributed by atoms with van der Waals surface area (Å²) in [6.07, 6.45) is 0. The van der Waals surface area contributed by atoms with E-state index in [2.05, 4.69) is 43.1 Å². The minimum absolute atomic E-state index is 0.231. The molecule has 0 spiro atoms. The number of aryl methyl sites for hydroxylation is 2. The van der Waals surface area contributed by atoms with Gasteiger partial charge in [-0.15, -0.1) is 10.2 Å². The van der Waals surface area contributed by atoms with Crippen LogP contribution in [0.25, 0.3) is 0 Å². The molecule has 17 heavy (non-hydrogen) atoms. The zero-order valence-electron chi connectivity index (χ0n) is 9.41. The molecule has 2 rings (SSSR count). The molecule has 0 saturated heterocycles. The number of aromatic nitrogens is 3. The van der Waals surface area contributed by atoms with Crippen LogP contribution in [0.1, 0.15) is 11.3 Å². The average molecular weight is 342 g/mol. The SMILES string of the molecule is Cc1cc(I)ccc1Nc1nnc(C)c(=O)[nH]1. The largest absolute Gasteiger partial charge is 0.324 e. The van der Waals surface area contributed by atoms with Crippen molar-refractivity contribution in [3.05, 3.63) is 43.4 Å². The smallest absolute Gasteiger partial charge is 0.273 e. The zero-order chi connectivity index (χ0) is 12.4. The van der Waals surface area contributed by atoms with Crippen molar-refractivity contribution in [1.82, 2.24) is 15.2 Å². The number of benzene rings is 1. The van der Waals surface area contributed by atoms with Crippen molar-refractivity contribution >= 4 is 34.2 Å². The van der Waals surface area contributed by atoms with E-state index in [9.17, 15) is 4.79 Å². The van der Waals surface area contributed by atoms with Gasteiger partial charge in [0.25, 0.3) is 5.56 Å². The Morgan fingerprint density at radius 1 is 1.29 bits per heavy atom. The van der Waals surface area contributed by atoms with Crippen molar-refractivity contribution in [3.8, 4) is 0 Å². The Bertz CT molecular complexity index is 609. The van der Waals surface area contributed by atoms with Gasteiger partial charge in [0.05, 0.1) is 0 Å². The number of aromatic amines is 1. The van der Waals surface area contributed by atoms with E-state index in [0.717, 1.165) is 14.8 Å². The van der Waals surface area contributed by atoms with E-state index >= 15 is 0 Å². The molecule has 1 aromatic carbocycles. The molecule has 0 atom stereocenters. The molecule has 0 aliphatic heterocycles. The first-order valence-electron chi connectivity index (χ1n) is 5.03. The lowest BCUT2D eigenvalue weighted by atomic mass is 10.2. The van der Waals surface area contributed by atoms with E-state index in [1.807, 2.05) is 25.1 Å². The number of anilines is 2. The molecular weight excluding hydrogens is 331 g/mol. The summed E-state index contributed by atoms with van der Waals surface area (Å²) in [7, 11) is 0. The predicted molar refractivity (Wildman–Crippen MR) is 74.6 cm³/mol. The van der Waals surface area contributed by atoms with Crippen LogP contribution in [0.15, 0.2) is 23.0 Å². The maximum Gasteiger partial charge on any atom is 0.273 e. The van der Waals surface area contributed by atoms with Crippen molar-refractivity contribution in [2.24, 2.45) is 0 Å². The lowest BCUT2D eigenvalue weighted by Gasteiger charge is -2.08. The van der Waals surface area contributed by atoms with Gasteiger partial charge in [-0.3, -0.25) is 9.78 Å². The van der Waals surface area contributed by atoms with Gasteiger partial charge in [0, 0.05) is 9.26 Å². The van der Waals surface area contributed by atoms with E-state index in [-0.39, 0.29) is 5.56 Å². The Labute approximate surface area is 112 Å². The van der Waals surface area contributed by atoms with Crippen molar-refractivity contribution in [2.45, 2.75) is 13.8 Å². The maximum absolute atomic E-state index is 11.4. The van der Waals surface area contributed by atoms with Crippen LogP contribution >= 0.6 is 22.6 Å². The van der Waals surface area contributed by atoms with Gasteiger partial charge in [-0.25, -0.2) is 0 Å². The van der Waals surface area contributed by atoms with Crippen molar-refractivity contribution in [3.63, 3.8) is 0 Å². The van der Waals surface area contributed by atoms with Crippen molar-refractivity contribution in [2.75, 3.05) is 5.32 Å². The Hall–Kier alpha value is -1.44. The number of hydrogen-bond donors (Lipinski definition) is 2. The van der Waals surface area contributed by atoms with Crippen LogP contribution < -0.4 is 10.9 Å². The molecule has 0 amide bonds. The molecule has 1 aromatic heterocycles. The Balaban J connectivity index is 2.31. The summed E-state index contributed by atoms with van der Waals surface area (Å²) >= 11 is 2.25. The van der Waals surface area contributed by atoms with Gasteiger partial charge in [0.15, 0.2) is 0 Å². The van der Waals surface area contributed by atoms with Crippen molar-refractivity contribution < 1.29 is 0 Å². The number of nitrogens with one attached hydrogen (secondary N) is 2. The standard InChI is InChI=1S/C11H11IN4O/c1-6-5-8(12)3-4-9(6)13-11-14-10(17)7(2)15-16-11/h3-5H,1-2H3,(H2,13,14,16,17). The fourth-order valence-corrected chi connectivity index (χ4v) is 1.99. The topological polar surface area (TPSA) is 70.7 Å². The summed E-state index contributed by atoms with van der Waals surface area (Å²) in [5.41, 5.74) is 2.11. The van der Waals surface area contributed by atoms with Gasteiger partial charge < -0.3 is 5.32 Å². The Kier molecular flexibility index (Phi) is 3.41. The molecule has 88 valence electrons. The van der Waals surface area contributed by atoms with Gasteiger partial charge in [0.2, 0.25) is 5.95 Å². The first-order valence-corrected chi connectivity index (χ1v) is 6.11. The molecule has 0 aliphatic rings. The summed E-state index contributed by atoms with van der Waals surface area (Å²) in [5, 5.41) is 10.7. The molecule has 0 unspecified atom stereocenters. The fraction of sp³-hybridized carbons (Fsp3) is 0.182. The molecule has 6 heteroatoms. The number of halogens is 1. The number of H-pyrrole nitrogens is 1. The molecule has 5 nitrogen and oxygen atoms in total. The highest BCUT2D eigenvalue weighted by Gasteiger charge is 2.03. The highest BCUT2D eigenvalue weighted by atomic mass is 127. The van der Waals surface area contributed by atoms with Crippen LogP contribution in [0.2, 0.25) is 0 Å². The fourth-order valence-electron chi connectivity index (χ4n) is 1.34. The number of nitrogens with zero attached hydrogens (tertiary/aromatic N) is 2. The zero-order valence-corrected chi connectivity index (χ0v) is 11.6. The molecule has 2 N–H and O–H groups in total. The van der Waals surface area contributed by atoms with E-state index in [0.29, 0.717) is 11.6 Å². The predicted octanol–water partition coefficient (Wildman–Crippen LogP) is 2.13. The normalized spacial score (nSPS) is 10.3. The molecule has 0 aliphatic carbocycles. The van der Waals surface area contributed by atoms with E-state index in [1.165, 1.54) is 0 Å². The van der Waals surface area contributed by atoms with E-state index in [4.69, 9.17) is 0 Å². The Morgan fingerprint density at radius 2 is 2.06 bits per heavy atom. The van der Waals surface area contributed by atoms with Gasteiger partial charge >= 0.3 is 0 Å². The maximum atomic E-state index is 11.4. The summed E-state index contributed by atoms with van der Waals surface area (Å²) < 4.78 is 1.16. The minimum Gasteiger partial charge on any atom is -0.324 e. The minimum atomic E-state index is -0.231. The lowest BCUT2D eigenvalue weighted by Crippen LogP contribution is -2.15. The average Bonchev–Trinajstić information content (AvgIpc) is 2.27. The van der Waals surface area contributed by atoms with Crippen LogP contribution in [-0.2, 0) is 0 Å². The van der Waals surface area contributed by atoms with E-state index in [1.54, 1.807) is 6.92 Å². The van der Waals surface area contributed by atoms with Gasteiger partial charge in [-0.2, -0.15) is 0 Å². The van der Waals surface area contributed by atoms with Crippen LogP contribution in [0.4, 0.5) is 11.6 Å². The monoisotopic (exact) mass is 342 g/mol. The second-order valence-electron chi connectivity index (χ2n) is 3.67. The molecule has 2 aromatic rings. The summed E-state index contributed by atoms with van der Waals surface area (Å²) in [5.74, 6) is 0.352. The molecule has 0 bridgehead atoms. The molecule has 0 fully saturated rings. The van der Waals surface area contributed by atoms with Gasteiger partial charge in [-0.05, 0) is 60.2 Å². The molecule has 1 heterocycles. The quantitative estimate of drug-likeness (QED) is 0.821. The second kappa shape index (κ2) is 4.82. The van der Waals surface area contributed by atoms with Crippen LogP contribution in [-0.4, -0.2) is 15.2 Å². The molecule has 0 saturated carbocycles. The van der Waals surface area contributed by atoms with Crippen LogP contribution in [0, 0.1) is 17.4 Å². The second-order valence-corrected chi connectivity index (χ2v) is 4.92. The third-order valence-electron chi connectivity index (χ3n) is 2.30.